The Kier molecular flexibility index (Phi) is 4.05. The zero-order valence-corrected chi connectivity index (χ0v) is 12.0. The molecular formula is C11H7BrClF3N4. The van der Waals surface area contributed by atoms with Crippen molar-refractivity contribution in [2.45, 2.75) is 6.18 Å². The Labute approximate surface area is 125 Å². The van der Waals surface area contributed by atoms with E-state index in [-0.39, 0.29) is 11.6 Å². The Hall–Kier alpha value is -1.54. The highest BCUT2D eigenvalue weighted by Crippen LogP contribution is 2.31. The molecule has 0 aliphatic rings. The van der Waals surface area contributed by atoms with Crippen LogP contribution in [0.3, 0.4) is 0 Å². The summed E-state index contributed by atoms with van der Waals surface area (Å²) >= 11 is 9.02. The summed E-state index contributed by atoms with van der Waals surface area (Å²) in [6.07, 6.45) is -4.66. The van der Waals surface area contributed by atoms with Gasteiger partial charge in [-0.15, -0.1) is 0 Å². The normalized spacial score (nSPS) is 11.4. The van der Waals surface area contributed by atoms with E-state index in [0.29, 0.717) is 15.2 Å². The van der Waals surface area contributed by atoms with Crippen LogP contribution in [0.25, 0.3) is 0 Å². The van der Waals surface area contributed by atoms with Gasteiger partial charge in [0.1, 0.15) is 11.6 Å². The SMILES string of the molecule is Nc1cc(Nc2ccc(Cl)cc2Br)nc(C(F)(F)F)n1. The van der Waals surface area contributed by atoms with Crippen molar-refractivity contribution in [3.63, 3.8) is 0 Å². The highest BCUT2D eigenvalue weighted by Gasteiger charge is 2.35. The molecule has 20 heavy (non-hydrogen) atoms. The van der Waals surface area contributed by atoms with Gasteiger partial charge in [-0.1, -0.05) is 11.6 Å². The molecule has 0 spiro atoms. The molecular weight excluding hydrogens is 360 g/mol. The molecule has 106 valence electrons. The van der Waals surface area contributed by atoms with E-state index in [1.165, 1.54) is 6.07 Å². The van der Waals surface area contributed by atoms with E-state index >= 15 is 0 Å². The van der Waals surface area contributed by atoms with Gasteiger partial charge in [0, 0.05) is 15.6 Å². The number of nitrogen functional groups attached to an aromatic ring is 1. The smallest absolute Gasteiger partial charge is 0.384 e. The van der Waals surface area contributed by atoms with Gasteiger partial charge in [0.2, 0.25) is 5.82 Å². The van der Waals surface area contributed by atoms with E-state index < -0.39 is 12.0 Å². The van der Waals surface area contributed by atoms with Crippen LogP contribution in [0.1, 0.15) is 5.82 Å². The van der Waals surface area contributed by atoms with E-state index in [1.807, 2.05) is 0 Å². The second-order valence-electron chi connectivity index (χ2n) is 3.75. The minimum absolute atomic E-state index is 0.0622. The molecule has 2 rings (SSSR count). The van der Waals surface area contributed by atoms with E-state index in [1.54, 1.807) is 18.2 Å². The number of nitrogens with two attached hydrogens (primary N) is 1. The Morgan fingerprint density at radius 2 is 1.90 bits per heavy atom. The van der Waals surface area contributed by atoms with Crippen molar-refractivity contribution in [1.29, 1.82) is 0 Å². The van der Waals surface area contributed by atoms with E-state index in [9.17, 15) is 13.2 Å². The maximum Gasteiger partial charge on any atom is 0.451 e. The molecule has 0 aliphatic carbocycles. The van der Waals surface area contributed by atoms with Crippen molar-refractivity contribution < 1.29 is 13.2 Å². The average Bonchev–Trinajstić information content (AvgIpc) is 2.31. The number of nitrogens with zero attached hydrogens (tertiary/aromatic N) is 2. The van der Waals surface area contributed by atoms with Gasteiger partial charge >= 0.3 is 6.18 Å². The summed E-state index contributed by atoms with van der Waals surface area (Å²) in [6.45, 7) is 0. The summed E-state index contributed by atoms with van der Waals surface area (Å²) in [7, 11) is 0. The number of anilines is 3. The van der Waals surface area contributed by atoms with E-state index in [4.69, 9.17) is 17.3 Å². The minimum Gasteiger partial charge on any atom is -0.384 e. The predicted octanol–water partition coefficient (Wildman–Crippen LogP) is 4.24. The summed E-state index contributed by atoms with van der Waals surface area (Å²) in [5.41, 5.74) is 5.85. The molecule has 1 heterocycles. The van der Waals surface area contributed by atoms with Crippen molar-refractivity contribution in [2.75, 3.05) is 11.1 Å². The number of benzene rings is 1. The topological polar surface area (TPSA) is 63.8 Å². The second-order valence-corrected chi connectivity index (χ2v) is 5.04. The first-order valence-electron chi connectivity index (χ1n) is 5.19. The van der Waals surface area contributed by atoms with Crippen molar-refractivity contribution in [2.24, 2.45) is 0 Å². The summed E-state index contributed by atoms with van der Waals surface area (Å²) in [5.74, 6) is -1.64. The molecule has 4 nitrogen and oxygen atoms in total. The Bertz CT molecular complexity index is 648. The van der Waals surface area contributed by atoms with Crippen LogP contribution in [0.4, 0.5) is 30.5 Å². The fraction of sp³-hybridized carbons (Fsp3) is 0.0909. The number of alkyl halides is 3. The molecule has 0 saturated carbocycles. The van der Waals surface area contributed by atoms with Crippen LogP contribution in [0.2, 0.25) is 5.02 Å². The molecule has 1 aromatic heterocycles. The van der Waals surface area contributed by atoms with Gasteiger partial charge in [0.05, 0.1) is 5.69 Å². The lowest BCUT2D eigenvalue weighted by atomic mass is 10.3. The van der Waals surface area contributed by atoms with Gasteiger partial charge in [-0.2, -0.15) is 13.2 Å². The number of nitrogens with one attached hydrogen (secondary N) is 1. The lowest BCUT2D eigenvalue weighted by Crippen LogP contribution is -2.13. The van der Waals surface area contributed by atoms with Gasteiger partial charge in [-0.05, 0) is 34.1 Å². The van der Waals surface area contributed by atoms with Crippen molar-refractivity contribution in [1.82, 2.24) is 9.97 Å². The first kappa shape index (κ1) is 14.9. The number of hydrogen-bond donors (Lipinski definition) is 2. The molecule has 2 aromatic rings. The molecule has 0 saturated heterocycles. The molecule has 0 bridgehead atoms. The third-order valence-corrected chi connectivity index (χ3v) is 3.08. The Balaban J connectivity index is 2.36. The van der Waals surface area contributed by atoms with E-state index in [0.717, 1.165) is 0 Å². The number of aromatic nitrogens is 2. The van der Waals surface area contributed by atoms with Crippen LogP contribution in [0.5, 0.6) is 0 Å². The van der Waals surface area contributed by atoms with Crippen LogP contribution in [0.15, 0.2) is 28.7 Å². The predicted molar refractivity (Wildman–Crippen MR) is 73.9 cm³/mol. The third kappa shape index (κ3) is 3.51. The first-order valence-corrected chi connectivity index (χ1v) is 6.36. The summed E-state index contributed by atoms with van der Waals surface area (Å²) in [4.78, 5) is 6.53. The van der Waals surface area contributed by atoms with Crippen molar-refractivity contribution in [3.8, 4) is 0 Å². The lowest BCUT2D eigenvalue weighted by Gasteiger charge is -2.11. The van der Waals surface area contributed by atoms with Gasteiger partial charge in [0.25, 0.3) is 0 Å². The fourth-order valence-corrected chi connectivity index (χ4v) is 2.17. The van der Waals surface area contributed by atoms with Crippen molar-refractivity contribution in [3.05, 3.63) is 39.6 Å². The first-order chi connectivity index (χ1) is 9.25. The highest BCUT2D eigenvalue weighted by atomic mass is 79.9. The molecule has 0 unspecified atom stereocenters. The maximum absolute atomic E-state index is 12.6. The summed E-state index contributed by atoms with van der Waals surface area (Å²) in [6, 6.07) is 5.98. The number of hydrogen-bond acceptors (Lipinski definition) is 4. The van der Waals surface area contributed by atoms with Crippen LogP contribution in [-0.2, 0) is 6.18 Å². The van der Waals surface area contributed by atoms with E-state index in [2.05, 4.69) is 31.2 Å². The third-order valence-electron chi connectivity index (χ3n) is 2.19. The monoisotopic (exact) mass is 366 g/mol. The molecule has 9 heteroatoms. The largest absolute Gasteiger partial charge is 0.451 e. The van der Waals surface area contributed by atoms with Gasteiger partial charge < -0.3 is 11.1 Å². The van der Waals surface area contributed by atoms with Gasteiger partial charge in [-0.3, -0.25) is 0 Å². The number of rotatable bonds is 2. The van der Waals surface area contributed by atoms with Crippen LogP contribution >= 0.6 is 27.5 Å². The lowest BCUT2D eigenvalue weighted by molar-refractivity contribution is -0.144. The Morgan fingerprint density at radius 1 is 1.20 bits per heavy atom. The fourth-order valence-electron chi connectivity index (χ4n) is 1.39. The second kappa shape index (κ2) is 5.45. The molecule has 0 amide bonds. The minimum atomic E-state index is -4.66. The van der Waals surface area contributed by atoms with Gasteiger partial charge in [0.15, 0.2) is 0 Å². The Morgan fingerprint density at radius 3 is 2.50 bits per heavy atom. The molecule has 3 N–H and O–H groups in total. The average molecular weight is 368 g/mol. The molecule has 0 aliphatic heterocycles. The molecule has 0 radical (unpaired) electrons. The van der Waals surface area contributed by atoms with Crippen LogP contribution in [-0.4, -0.2) is 9.97 Å². The van der Waals surface area contributed by atoms with Gasteiger partial charge in [-0.25, -0.2) is 9.97 Å². The van der Waals surface area contributed by atoms with Crippen LogP contribution < -0.4 is 11.1 Å². The van der Waals surface area contributed by atoms with Crippen molar-refractivity contribution >= 4 is 44.9 Å². The zero-order valence-electron chi connectivity index (χ0n) is 9.67. The highest BCUT2D eigenvalue weighted by molar-refractivity contribution is 9.10. The molecule has 0 fully saturated rings. The zero-order chi connectivity index (χ0) is 14.9. The molecule has 0 atom stereocenters. The summed E-state index contributed by atoms with van der Waals surface area (Å²) < 4.78 is 38.3. The quantitative estimate of drug-likeness (QED) is 0.833. The van der Waals surface area contributed by atoms with Crippen LogP contribution in [0, 0.1) is 0 Å². The maximum atomic E-state index is 12.6. The summed E-state index contributed by atoms with van der Waals surface area (Å²) in [5, 5.41) is 3.20. The molecule has 1 aromatic carbocycles. The number of halogens is 5. The standard InChI is InChI=1S/C11H7BrClF3N4/c12-6-3-5(13)1-2-7(6)18-9-4-8(17)19-10(20-9)11(14,15)16/h1-4H,(H3,17,18,19,20).